The van der Waals surface area contributed by atoms with Gasteiger partial charge in [-0.1, -0.05) is 6.42 Å². The Kier molecular flexibility index (Phi) is 4.03. The zero-order chi connectivity index (χ0) is 10.5. The van der Waals surface area contributed by atoms with E-state index in [1.54, 1.807) is 0 Å². The minimum atomic E-state index is 0.720. The van der Waals surface area contributed by atoms with Crippen LogP contribution in [0.25, 0.3) is 0 Å². The molecular formula is C12H18N2S. The molecule has 1 saturated carbocycles. The zero-order valence-electron chi connectivity index (χ0n) is 9.15. The molecule has 1 aromatic rings. The standard InChI is InChI=1S/C12H18N2S/c1-13-10-3-2-4-12(9-10)15-11-5-7-14-8-6-11/h5-8,10,12-13H,2-4,9H2,1H3. The normalized spacial score (nSPS) is 26.5. The van der Waals surface area contributed by atoms with Crippen LogP contribution in [0.15, 0.2) is 29.4 Å². The van der Waals surface area contributed by atoms with Gasteiger partial charge in [-0.2, -0.15) is 0 Å². The summed E-state index contributed by atoms with van der Waals surface area (Å²) in [4.78, 5) is 5.40. The van der Waals surface area contributed by atoms with E-state index in [1.165, 1.54) is 30.6 Å². The van der Waals surface area contributed by atoms with Gasteiger partial charge in [0.25, 0.3) is 0 Å². The molecule has 2 rings (SSSR count). The molecule has 2 unspecified atom stereocenters. The van der Waals surface area contributed by atoms with Crippen LogP contribution in [-0.2, 0) is 0 Å². The highest BCUT2D eigenvalue weighted by atomic mass is 32.2. The van der Waals surface area contributed by atoms with Crippen molar-refractivity contribution in [3.63, 3.8) is 0 Å². The second kappa shape index (κ2) is 5.52. The van der Waals surface area contributed by atoms with Crippen LogP contribution in [0.3, 0.4) is 0 Å². The number of pyridine rings is 1. The molecule has 0 aromatic carbocycles. The van der Waals surface area contributed by atoms with Crippen molar-refractivity contribution in [2.75, 3.05) is 7.05 Å². The van der Waals surface area contributed by atoms with Crippen LogP contribution < -0.4 is 5.32 Å². The molecule has 1 fully saturated rings. The van der Waals surface area contributed by atoms with E-state index in [0.717, 1.165) is 11.3 Å². The lowest BCUT2D eigenvalue weighted by Gasteiger charge is -2.28. The summed E-state index contributed by atoms with van der Waals surface area (Å²) in [5.74, 6) is 0. The predicted octanol–water partition coefficient (Wildman–Crippen LogP) is 2.70. The number of nitrogens with one attached hydrogen (secondary N) is 1. The Hall–Kier alpha value is -0.540. The molecule has 0 bridgehead atoms. The maximum Gasteiger partial charge on any atom is 0.0278 e. The van der Waals surface area contributed by atoms with Gasteiger partial charge in [0.1, 0.15) is 0 Å². The van der Waals surface area contributed by atoms with E-state index in [4.69, 9.17) is 0 Å². The Balaban J connectivity index is 1.89. The summed E-state index contributed by atoms with van der Waals surface area (Å²) in [6, 6.07) is 4.93. The SMILES string of the molecule is CNC1CCCC(Sc2ccncc2)C1. The molecular weight excluding hydrogens is 204 g/mol. The Bertz CT molecular complexity index is 289. The van der Waals surface area contributed by atoms with Crippen LogP contribution in [0.5, 0.6) is 0 Å². The van der Waals surface area contributed by atoms with Gasteiger partial charge in [-0.15, -0.1) is 11.8 Å². The first-order chi connectivity index (χ1) is 7.38. The first kappa shape index (κ1) is 11.0. The van der Waals surface area contributed by atoms with E-state index in [2.05, 4.69) is 29.5 Å². The maximum absolute atomic E-state index is 4.04. The highest BCUT2D eigenvalue weighted by Gasteiger charge is 2.21. The lowest BCUT2D eigenvalue weighted by atomic mass is 9.95. The van der Waals surface area contributed by atoms with Crippen molar-refractivity contribution in [2.24, 2.45) is 0 Å². The Morgan fingerprint density at radius 3 is 2.87 bits per heavy atom. The molecule has 0 radical (unpaired) electrons. The van der Waals surface area contributed by atoms with Gasteiger partial charge >= 0.3 is 0 Å². The van der Waals surface area contributed by atoms with Crippen molar-refractivity contribution >= 4 is 11.8 Å². The average Bonchev–Trinajstić information content (AvgIpc) is 2.31. The van der Waals surface area contributed by atoms with Gasteiger partial charge < -0.3 is 5.32 Å². The fourth-order valence-corrected chi connectivity index (χ4v) is 3.40. The van der Waals surface area contributed by atoms with Gasteiger partial charge in [-0.3, -0.25) is 4.98 Å². The number of nitrogens with zero attached hydrogens (tertiary/aromatic N) is 1. The number of hydrogen-bond donors (Lipinski definition) is 1. The fraction of sp³-hybridized carbons (Fsp3) is 0.583. The molecule has 1 N–H and O–H groups in total. The van der Waals surface area contributed by atoms with E-state index in [-0.39, 0.29) is 0 Å². The molecule has 1 aromatic heterocycles. The minimum Gasteiger partial charge on any atom is -0.317 e. The lowest BCUT2D eigenvalue weighted by molar-refractivity contribution is 0.402. The number of hydrogen-bond acceptors (Lipinski definition) is 3. The summed E-state index contributed by atoms with van der Waals surface area (Å²) in [5.41, 5.74) is 0. The third kappa shape index (κ3) is 3.21. The predicted molar refractivity (Wildman–Crippen MR) is 65.2 cm³/mol. The van der Waals surface area contributed by atoms with Crippen molar-refractivity contribution in [1.29, 1.82) is 0 Å². The van der Waals surface area contributed by atoms with Gasteiger partial charge in [0.05, 0.1) is 0 Å². The molecule has 2 nitrogen and oxygen atoms in total. The fourth-order valence-electron chi connectivity index (χ4n) is 2.12. The van der Waals surface area contributed by atoms with Crippen LogP contribution in [-0.4, -0.2) is 23.3 Å². The molecule has 1 heterocycles. The van der Waals surface area contributed by atoms with Crippen molar-refractivity contribution in [2.45, 2.75) is 41.9 Å². The van der Waals surface area contributed by atoms with Crippen LogP contribution in [0, 0.1) is 0 Å². The van der Waals surface area contributed by atoms with Crippen molar-refractivity contribution in [3.8, 4) is 0 Å². The highest BCUT2D eigenvalue weighted by Crippen LogP contribution is 2.33. The molecule has 1 aliphatic carbocycles. The number of rotatable bonds is 3. The quantitative estimate of drug-likeness (QED) is 0.851. The third-order valence-corrected chi connectivity index (χ3v) is 4.29. The second-order valence-electron chi connectivity index (χ2n) is 4.07. The van der Waals surface area contributed by atoms with E-state index in [0.29, 0.717) is 0 Å². The highest BCUT2D eigenvalue weighted by molar-refractivity contribution is 8.00. The Labute approximate surface area is 95.9 Å². The van der Waals surface area contributed by atoms with E-state index >= 15 is 0 Å². The molecule has 2 atom stereocenters. The van der Waals surface area contributed by atoms with Crippen LogP contribution in [0.2, 0.25) is 0 Å². The summed E-state index contributed by atoms with van der Waals surface area (Å²) >= 11 is 2.00. The van der Waals surface area contributed by atoms with Crippen LogP contribution >= 0.6 is 11.8 Å². The molecule has 0 saturated heterocycles. The van der Waals surface area contributed by atoms with Gasteiger partial charge in [-0.25, -0.2) is 0 Å². The third-order valence-electron chi connectivity index (χ3n) is 2.99. The van der Waals surface area contributed by atoms with Gasteiger partial charge in [0.2, 0.25) is 0 Å². The largest absolute Gasteiger partial charge is 0.317 e. The first-order valence-electron chi connectivity index (χ1n) is 5.62. The lowest BCUT2D eigenvalue weighted by Crippen LogP contribution is -2.32. The molecule has 15 heavy (non-hydrogen) atoms. The summed E-state index contributed by atoms with van der Waals surface area (Å²) in [5, 5.41) is 4.17. The molecule has 1 aliphatic rings. The van der Waals surface area contributed by atoms with Crippen LogP contribution in [0.1, 0.15) is 25.7 Å². The number of aromatic nitrogens is 1. The van der Waals surface area contributed by atoms with E-state index < -0.39 is 0 Å². The molecule has 0 aliphatic heterocycles. The summed E-state index contributed by atoms with van der Waals surface area (Å²) in [6.45, 7) is 0. The summed E-state index contributed by atoms with van der Waals surface area (Å²) in [6.07, 6.45) is 9.09. The Morgan fingerprint density at radius 2 is 2.13 bits per heavy atom. The number of thioether (sulfide) groups is 1. The average molecular weight is 222 g/mol. The van der Waals surface area contributed by atoms with Crippen molar-refractivity contribution in [3.05, 3.63) is 24.5 Å². The smallest absolute Gasteiger partial charge is 0.0278 e. The molecule has 0 spiro atoms. The van der Waals surface area contributed by atoms with E-state index in [9.17, 15) is 0 Å². The van der Waals surface area contributed by atoms with Crippen molar-refractivity contribution < 1.29 is 0 Å². The summed E-state index contributed by atoms with van der Waals surface area (Å²) in [7, 11) is 2.07. The topological polar surface area (TPSA) is 24.9 Å². The van der Waals surface area contributed by atoms with Gasteiger partial charge in [0, 0.05) is 28.6 Å². The van der Waals surface area contributed by atoms with Crippen LogP contribution in [0.4, 0.5) is 0 Å². The minimum absolute atomic E-state index is 0.720. The monoisotopic (exact) mass is 222 g/mol. The zero-order valence-corrected chi connectivity index (χ0v) is 9.96. The van der Waals surface area contributed by atoms with E-state index in [1.807, 2.05) is 24.2 Å². The molecule has 0 amide bonds. The van der Waals surface area contributed by atoms with Crippen molar-refractivity contribution in [1.82, 2.24) is 10.3 Å². The van der Waals surface area contributed by atoms with Gasteiger partial charge in [0.15, 0.2) is 0 Å². The molecule has 82 valence electrons. The summed E-state index contributed by atoms with van der Waals surface area (Å²) < 4.78 is 0. The Morgan fingerprint density at radius 1 is 1.33 bits per heavy atom. The van der Waals surface area contributed by atoms with Gasteiger partial charge in [-0.05, 0) is 38.4 Å². The first-order valence-corrected chi connectivity index (χ1v) is 6.50. The second-order valence-corrected chi connectivity index (χ2v) is 5.45. The molecule has 3 heteroatoms. The maximum atomic E-state index is 4.04.